The van der Waals surface area contributed by atoms with Crippen LogP contribution in [-0.4, -0.2) is 9.97 Å². The highest BCUT2D eigenvalue weighted by atomic mass is 16.3. The van der Waals surface area contributed by atoms with Crippen molar-refractivity contribution in [3.63, 3.8) is 0 Å². The lowest BCUT2D eigenvalue weighted by molar-refractivity contribution is 0.669. The third-order valence-electron chi connectivity index (χ3n) is 8.83. The fourth-order valence-corrected chi connectivity index (χ4v) is 6.57. The van der Waals surface area contributed by atoms with Gasteiger partial charge in [-0.25, -0.2) is 9.97 Å². The van der Waals surface area contributed by atoms with Crippen molar-refractivity contribution in [3.05, 3.63) is 176 Å². The Morgan fingerprint density at radius 2 is 1.02 bits per heavy atom. The molecule has 0 N–H and O–H groups in total. The maximum absolute atomic E-state index is 6.59. The summed E-state index contributed by atoms with van der Waals surface area (Å²) in [6.45, 7) is 0. The SMILES string of the molecule is c1ccc(-c2cc(-c3ccccc3)nc(-c3cc(N(c4ccccc4)c4ccc5ccccc5c4)cc4oc5ccccc5c34)n2)cc1. The van der Waals surface area contributed by atoms with E-state index in [1.54, 1.807) is 0 Å². The van der Waals surface area contributed by atoms with E-state index in [1.165, 1.54) is 10.8 Å². The van der Waals surface area contributed by atoms with Gasteiger partial charge in [-0.15, -0.1) is 0 Å². The normalized spacial score (nSPS) is 11.3. The van der Waals surface area contributed by atoms with Crippen molar-refractivity contribution in [1.29, 1.82) is 0 Å². The van der Waals surface area contributed by atoms with Crippen molar-refractivity contribution in [3.8, 4) is 33.9 Å². The topological polar surface area (TPSA) is 42.2 Å². The molecular formula is C44H29N3O. The van der Waals surface area contributed by atoms with Gasteiger partial charge in [0.2, 0.25) is 0 Å². The monoisotopic (exact) mass is 615 g/mol. The molecule has 9 aromatic rings. The highest BCUT2D eigenvalue weighted by Crippen LogP contribution is 2.44. The maximum atomic E-state index is 6.59. The average molecular weight is 616 g/mol. The molecule has 4 heteroatoms. The van der Waals surface area contributed by atoms with Crippen molar-refractivity contribution in [2.24, 2.45) is 0 Å². The summed E-state index contributed by atoms with van der Waals surface area (Å²) in [6.07, 6.45) is 0. The number of fused-ring (bicyclic) bond motifs is 4. The van der Waals surface area contributed by atoms with Crippen molar-refractivity contribution in [2.45, 2.75) is 0 Å². The van der Waals surface area contributed by atoms with Crippen LogP contribution in [0, 0.1) is 0 Å². The summed E-state index contributed by atoms with van der Waals surface area (Å²) < 4.78 is 6.59. The summed E-state index contributed by atoms with van der Waals surface area (Å²) in [4.78, 5) is 12.8. The molecule has 0 aliphatic heterocycles. The Bertz CT molecular complexity index is 2500. The average Bonchev–Trinajstić information content (AvgIpc) is 3.54. The Hall–Kier alpha value is -6.52. The standard InChI is InChI=1S/C44H29N3O/c1-4-15-31(16-5-1)39-29-40(32-17-6-2-7-18-32)46-44(45-39)38-27-36(28-42-43(38)37-22-12-13-23-41(37)48-42)47(34-20-8-3-9-21-34)35-25-24-30-14-10-11-19-33(30)26-35/h1-29H. The lowest BCUT2D eigenvalue weighted by Gasteiger charge is -2.26. The molecule has 0 fully saturated rings. The molecule has 4 nitrogen and oxygen atoms in total. The van der Waals surface area contributed by atoms with Crippen molar-refractivity contribution in [1.82, 2.24) is 9.97 Å². The van der Waals surface area contributed by atoms with Crippen LogP contribution in [0.1, 0.15) is 0 Å². The van der Waals surface area contributed by atoms with Crippen LogP contribution in [0.2, 0.25) is 0 Å². The lowest BCUT2D eigenvalue weighted by atomic mass is 10.0. The molecule has 0 amide bonds. The zero-order valence-electron chi connectivity index (χ0n) is 26.0. The molecule has 0 bridgehead atoms. The second-order valence-corrected chi connectivity index (χ2v) is 11.9. The number of aromatic nitrogens is 2. The molecule has 0 unspecified atom stereocenters. The van der Waals surface area contributed by atoms with Crippen LogP contribution in [0.4, 0.5) is 17.1 Å². The number of hydrogen-bond donors (Lipinski definition) is 0. The van der Waals surface area contributed by atoms with Crippen molar-refractivity contribution < 1.29 is 4.42 Å². The van der Waals surface area contributed by atoms with Crippen LogP contribution < -0.4 is 4.90 Å². The Morgan fingerprint density at radius 3 is 1.73 bits per heavy atom. The Morgan fingerprint density at radius 1 is 0.417 bits per heavy atom. The molecule has 2 aromatic heterocycles. The number of furan rings is 1. The molecule has 0 radical (unpaired) electrons. The highest BCUT2D eigenvalue weighted by Gasteiger charge is 2.22. The van der Waals surface area contributed by atoms with Crippen LogP contribution in [0.3, 0.4) is 0 Å². The predicted octanol–water partition coefficient (Wildman–Crippen LogP) is 12.0. The van der Waals surface area contributed by atoms with Gasteiger partial charge >= 0.3 is 0 Å². The summed E-state index contributed by atoms with van der Waals surface area (Å²) in [5.41, 5.74) is 9.33. The molecule has 0 spiro atoms. The zero-order chi connectivity index (χ0) is 31.9. The Kier molecular flexibility index (Phi) is 6.76. The third kappa shape index (κ3) is 4.97. The van der Waals surface area contributed by atoms with Gasteiger partial charge in [-0.2, -0.15) is 0 Å². The summed E-state index contributed by atoms with van der Waals surface area (Å²) in [5.74, 6) is 0.639. The first-order chi connectivity index (χ1) is 23.8. The fraction of sp³-hybridized carbons (Fsp3) is 0. The number of benzene rings is 7. The number of hydrogen-bond acceptors (Lipinski definition) is 4. The van der Waals surface area contributed by atoms with Gasteiger partial charge in [0.25, 0.3) is 0 Å². The number of para-hydroxylation sites is 2. The summed E-state index contributed by atoms with van der Waals surface area (Å²) in [7, 11) is 0. The molecule has 48 heavy (non-hydrogen) atoms. The van der Waals surface area contributed by atoms with E-state index in [-0.39, 0.29) is 0 Å². The summed E-state index contributed by atoms with van der Waals surface area (Å²) in [5, 5.41) is 4.39. The molecule has 0 saturated heterocycles. The van der Waals surface area contributed by atoms with Gasteiger partial charge in [-0.1, -0.05) is 127 Å². The van der Waals surface area contributed by atoms with Gasteiger partial charge in [0, 0.05) is 44.9 Å². The van der Waals surface area contributed by atoms with Crippen LogP contribution in [0.5, 0.6) is 0 Å². The van der Waals surface area contributed by atoms with Gasteiger partial charge < -0.3 is 9.32 Å². The van der Waals surface area contributed by atoms with E-state index in [0.717, 1.165) is 67.1 Å². The molecule has 0 aliphatic rings. The summed E-state index contributed by atoms with van der Waals surface area (Å²) in [6, 6.07) is 60.8. The third-order valence-corrected chi connectivity index (χ3v) is 8.83. The number of anilines is 3. The molecule has 0 saturated carbocycles. The summed E-state index contributed by atoms with van der Waals surface area (Å²) >= 11 is 0. The molecule has 9 rings (SSSR count). The largest absolute Gasteiger partial charge is 0.456 e. The first kappa shape index (κ1) is 27.8. The minimum Gasteiger partial charge on any atom is -0.456 e. The molecule has 226 valence electrons. The van der Waals surface area contributed by atoms with Crippen LogP contribution in [-0.2, 0) is 0 Å². The molecule has 7 aromatic carbocycles. The molecular weight excluding hydrogens is 587 g/mol. The van der Waals surface area contributed by atoms with E-state index in [1.807, 2.05) is 54.6 Å². The second kappa shape index (κ2) is 11.7. The van der Waals surface area contributed by atoms with E-state index in [4.69, 9.17) is 14.4 Å². The van der Waals surface area contributed by atoms with E-state index in [0.29, 0.717) is 5.82 Å². The molecule has 0 atom stereocenters. The maximum Gasteiger partial charge on any atom is 0.161 e. The number of nitrogens with zero attached hydrogens (tertiary/aromatic N) is 3. The van der Waals surface area contributed by atoms with Gasteiger partial charge in [-0.3, -0.25) is 0 Å². The Balaban J connectivity index is 1.34. The first-order valence-electron chi connectivity index (χ1n) is 16.1. The second-order valence-electron chi connectivity index (χ2n) is 11.9. The van der Waals surface area contributed by atoms with Crippen molar-refractivity contribution in [2.75, 3.05) is 4.90 Å². The smallest absolute Gasteiger partial charge is 0.161 e. The minimum absolute atomic E-state index is 0.639. The fourth-order valence-electron chi connectivity index (χ4n) is 6.57. The van der Waals surface area contributed by atoms with E-state index < -0.39 is 0 Å². The quantitative estimate of drug-likeness (QED) is 0.187. The van der Waals surface area contributed by atoms with E-state index >= 15 is 0 Å². The van der Waals surface area contributed by atoms with Gasteiger partial charge in [0.1, 0.15) is 11.2 Å². The van der Waals surface area contributed by atoms with Crippen molar-refractivity contribution >= 4 is 49.8 Å². The van der Waals surface area contributed by atoms with Gasteiger partial charge in [0.05, 0.1) is 17.1 Å². The predicted molar refractivity (Wildman–Crippen MR) is 198 cm³/mol. The zero-order valence-corrected chi connectivity index (χ0v) is 26.0. The van der Waals surface area contributed by atoms with Crippen LogP contribution in [0.15, 0.2) is 180 Å². The van der Waals surface area contributed by atoms with E-state index in [9.17, 15) is 0 Å². The van der Waals surface area contributed by atoms with Gasteiger partial charge in [-0.05, 0) is 53.2 Å². The molecule has 2 heterocycles. The lowest BCUT2D eigenvalue weighted by Crippen LogP contribution is -2.10. The van der Waals surface area contributed by atoms with Gasteiger partial charge in [0.15, 0.2) is 5.82 Å². The first-order valence-corrected chi connectivity index (χ1v) is 16.1. The van der Waals surface area contributed by atoms with E-state index in [2.05, 4.69) is 126 Å². The van der Waals surface area contributed by atoms with Crippen LogP contribution in [0.25, 0.3) is 66.6 Å². The number of rotatable bonds is 6. The Labute approximate surface area is 278 Å². The van der Waals surface area contributed by atoms with Crippen LogP contribution >= 0.6 is 0 Å². The molecule has 0 aliphatic carbocycles. The highest BCUT2D eigenvalue weighted by molar-refractivity contribution is 6.13. The minimum atomic E-state index is 0.639.